The van der Waals surface area contributed by atoms with E-state index in [4.69, 9.17) is 21.4 Å². The molecule has 0 spiro atoms. The summed E-state index contributed by atoms with van der Waals surface area (Å²) in [6.07, 6.45) is 2.32. The highest BCUT2D eigenvalue weighted by atomic mass is 35.5. The van der Waals surface area contributed by atoms with Crippen LogP contribution >= 0.6 is 11.6 Å². The topological polar surface area (TPSA) is 63.8 Å². The van der Waals surface area contributed by atoms with Crippen molar-refractivity contribution >= 4 is 23.1 Å². The molecule has 0 aliphatic rings. The highest BCUT2D eigenvalue weighted by molar-refractivity contribution is 6.33. The van der Waals surface area contributed by atoms with Gasteiger partial charge in [-0.3, -0.25) is 0 Å². The lowest BCUT2D eigenvalue weighted by molar-refractivity contribution is 0.0698. The summed E-state index contributed by atoms with van der Waals surface area (Å²) in [5.74, 6) is -0.328. The third-order valence-corrected chi connectivity index (χ3v) is 2.72. The second-order valence-corrected chi connectivity index (χ2v) is 3.87. The van der Waals surface area contributed by atoms with E-state index in [-0.39, 0.29) is 10.7 Å². The summed E-state index contributed by atoms with van der Waals surface area (Å²) in [7, 11) is 1.60. The molecule has 5 nitrogen and oxygen atoms in total. The van der Waals surface area contributed by atoms with Crippen LogP contribution in [0.5, 0.6) is 0 Å². The highest BCUT2D eigenvalue weighted by Crippen LogP contribution is 2.22. The van der Waals surface area contributed by atoms with Gasteiger partial charge < -0.3 is 14.2 Å². The maximum atomic E-state index is 11.1. The van der Waals surface area contributed by atoms with Crippen LogP contribution in [0.1, 0.15) is 16.2 Å². The minimum Gasteiger partial charge on any atom is -0.478 e. The number of rotatable bonds is 4. The number of aromatic nitrogens is 2. The third kappa shape index (κ3) is 2.11. The lowest BCUT2D eigenvalue weighted by atomic mass is 10.2. The first-order chi connectivity index (χ1) is 8.15. The van der Waals surface area contributed by atoms with E-state index in [1.54, 1.807) is 23.8 Å². The summed E-state index contributed by atoms with van der Waals surface area (Å²) >= 11 is 5.97. The molecule has 2 aromatic heterocycles. The Bertz CT molecular complexity index is 565. The standard InChI is InChI=1S/C11H11ClN2O3/c1-17-6-4-8-13-10(12)9-7(11(15)16)3-2-5-14(8)9/h2-3,5H,4,6H2,1H3,(H,15,16). The average Bonchev–Trinajstić information content (AvgIpc) is 2.64. The van der Waals surface area contributed by atoms with Crippen LogP contribution in [0.25, 0.3) is 5.52 Å². The Morgan fingerprint density at radius 2 is 2.41 bits per heavy atom. The summed E-state index contributed by atoms with van der Waals surface area (Å²) in [4.78, 5) is 15.2. The normalized spacial score (nSPS) is 10.9. The average molecular weight is 255 g/mol. The Labute approximate surface area is 103 Å². The molecule has 0 atom stereocenters. The van der Waals surface area contributed by atoms with Crippen LogP contribution in [0.3, 0.4) is 0 Å². The van der Waals surface area contributed by atoms with Crippen LogP contribution < -0.4 is 0 Å². The molecule has 17 heavy (non-hydrogen) atoms. The zero-order valence-corrected chi connectivity index (χ0v) is 9.94. The molecule has 0 aliphatic carbocycles. The molecule has 0 radical (unpaired) electrons. The number of hydrogen-bond acceptors (Lipinski definition) is 3. The monoisotopic (exact) mass is 254 g/mol. The van der Waals surface area contributed by atoms with Crippen LogP contribution in [0.15, 0.2) is 18.3 Å². The van der Waals surface area contributed by atoms with E-state index < -0.39 is 5.97 Å². The van der Waals surface area contributed by atoms with Gasteiger partial charge in [-0.2, -0.15) is 0 Å². The molecular formula is C11H11ClN2O3. The van der Waals surface area contributed by atoms with Crippen molar-refractivity contribution in [3.05, 3.63) is 34.9 Å². The SMILES string of the molecule is COCCc1nc(Cl)c2c(C(=O)O)cccn12. The van der Waals surface area contributed by atoms with Gasteiger partial charge in [0, 0.05) is 19.7 Å². The highest BCUT2D eigenvalue weighted by Gasteiger charge is 2.16. The minimum atomic E-state index is -1.02. The maximum absolute atomic E-state index is 11.1. The molecular weight excluding hydrogens is 244 g/mol. The number of carboxylic acids is 1. The summed E-state index contributed by atoms with van der Waals surface area (Å²) in [6.45, 7) is 0.507. The Kier molecular flexibility index (Phi) is 3.31. The number of carbonyl (C=O) groups is 1. The number of nitrogens with zero attached hydrogens (tertiary/aromatic N) is 2. The Balaban J connectivity index is 2.60. The molecule has 90 valence electrons. The first-order valence-electron chi connectivity index (χ1n) is 5.03. The molecule has 0 saturated carbocycles. The Hall–Kier alpha value is -1.59. The molecule has 2 aromatic rings. The summed E-state index contributed by atoms with van der Waals surface area (Å²) < 4.78 is 6.65. The number of pyridine rings is 1. The molecule has 0 unspecified atom stereocenters. The molecule has 0 saturated heterocycles. The van der Waals surface area contributed by atoms with Gasteiger partial charge in [-0.1, -0.05) is 11.6 Å². The predicted molar refractivity (Wildman–Crippen MR) is 62.7 cm³/mol. The van der Waals surface area contributed by atoms with Gasteiger partial charge in [0.05, 0.1) is 17.7 Å². The van der Waals surface area contributed by atoms with Crippen molar-refractivity contribution in [1.29, 1.82) is 0 Å². The molecule has 1 N–H and O–H groups in total. The van der Waals surface area contributed by atoms with Gasteiger partial charge >= 0.3 is 5.97 Å². The van der Waals surface area contributed by atoms with E-state index in [9.17, 15) is 4.79 Å². The van der Waals surface area contributed by atoms with Crippen LogP contribution in [0.4, 0.5) is 0 Å². The van der Waals surface area contributed by atoms with Gasteiger partial charge in [0.2, 0.25) is 0 Å². The fourth-order valence-electron chi connectivity index (χ4n) is 1.70. The Morgan fingerprint density at radius 1 is 1.65 bits per heavy atom. The van der Waals surface area contributed by atoms with Gasteiger partial charge in [-0.05, 0) is 12.1 Å². The number of methoxy groups -OCH3 is 1. The zero-order valence-electron chi connectivity index (χ0n) is 9.18. The molecule has 0 aromatic carbocycles. The molecule has 0 amide bonds. The summed E-state index contributed by atoms with van der Waals surface area (Å²) in [6, 6.07) is 3.16. The van der Waals surface area contributed by atoms with E-state index in [1.165, 1.54) is 6.07 Å². The van der Waals surface area contributed by atoms with Gasteiger partial charge in [0.25, 0.3) is 0 Å². The van der Waals surface area contributed by atoms with Crippen molar-refractivity contribution in [3.63, 3.8) is 0 Å². The maximum Gasteiger partial charge on any atom is 0.337 e. The molecule has 2 rings (SSSR count). The predicted octanol–water partition coefficient (Wildman–Crippen LogP) is 1.87. The quantitative estimate of drug-likeness (QED) is 0.905. The first-order valence-corrected chi connectivity index (χ1v) is 5.40. The molecule has 0 fully saturated rings. The lowest BCUT2D eigenvalue weighted by Crippen LogP contribution is -2.03. The second kappa shape index (κ2) is 4.73. The van der Waals surface area contributed by atoms with Crippen molar-refractivity contribution in [3.8, 4) is 0 Å². The van der Waals surface area contributed by atoms with Gasteiger partial charge in [0.1, 0.15) is 5.82 Å². The van der Waals surface area contributed by atoms with Gasteiger partial charge in [-0.25, -0.2) is 9.78 Å². The Morgan fingerprint density at radius 3 is 3.06 bits per heavy atom. The van der Waals surface area contributed by atoms with E-state index >= 15 is 0 Å². The number of hydrogen-bond donors (Lipinski definition) is 1. The van der Waals surface area contributed by atoms with Crippen LogP contribution in [-0.2, 0) is 11.2 Å². The van der Waals surface area contributed by atoms with Gasteiger partial charge in [0.15, 0.2) is 5.15 Å². The second-order valence-electron chi connectivity index (χ2n) is 3.51. The number of aromatic carboxylic acids is 1. The number of fused-ring (bicyclic) bond motifs is 1. The lowest BCUT2D eigenvalue weighted by Gasteiger charge is -2.02. The van der Waals surface area contributed by atoms with Crippen molar-refractivity contribution in [2.45, 2.75) is 6.42 Å². The molecule has 0 bridgehead atoms. The molecule has 6 heteroatoms. The summed E-state index contributed by atoms with van der Waals surface area (Å²) in [5, 5.41) is 9.27. The number of carboxylic acid groups (broad SMARTS) is 1. The third-order valence-electron chi connectivity index (χ3n) is 2.45. The first kappa shape index (κ1) is 11.9. The zero-order chi connectivity index (χ0) is 12.4. The van der Waals surface area contributed by atoms with Crippen molar-refractivity contribution in [2.24, 2.45) is 0 Å². The molecule has 2 heterocycles. The van der Waals surface area contributed by atoms with E-state index in [1.807, 2.05) is 0 Å². The smallest absolute Gasteiger partial charge is 0.337 e. The van der Waals surface area contributed by atoms with E-state index in [0.717, 1.165) is 0 Å². The van der Waals surface area contributed by atoms with Crippen LogP contribution in [0.2, 0.25) is 5.15 Å². The van der Waals surface area contributed by atoms with Gasteiger partial charge in [-0.15, -0.1) is 0 Å². The fourth-order valence-corrected chi connectivity index (χ4v) is 1.99. The van der Waals surface area contributed by atoms with E-state index in [0.29, 0.717) is 24.4 Å². The largest absolute Gasteiger partial charge is 0.478 e. The fraction of sp³-hybridized carbons (Fsp3) is 0.273. The summed E-state index contributed by atoms with van der Waals surface area (Å²) in [5.41, 5.74) is 0.571. The van der Waals surface area contributed by atoms with Crippen molar-refractivity contribution in [1.82, 2.24) is 9.38 Å². The minimum absolute atomic E-state index is 0.147. The van der Waals surface area contributed by atoms with Crippen molar-refractivity contribution in [2.75, 3.05) is 13.7 Å². The number of ether oxygens (including phenoxy) is 1. The van der Waals surface area contributed by atoms with Crippen molar-refractivity contribution < 1.29 is 14.6 Å². The van der Waals surface area contributed by atoms with Crippen LogP contribution in [0, 0.1) is 0 Å². The van der Waals surface area contributed by atoms with Crippen LogP contribution in [-0.4, -0.2) is 34.2 Å². The number of imidazole rings is 1. The number of halogens is 1. The molecule has 0 aliphatic heterocycles. The van der Waals surface area contributed by atoms with E-state index in [2.05, 4.69) is 4.98 Å².